The highest BCUT2D eigenvalue weighted by atomic mass is 16.4. The molecule has 0 aromatic carbocycles. The molecule has 0 aliphatic carbocycles. The van der Waals surface area contributed by atoms with E-state index in [-0.39, 0.29) is 0 Å². The van der Waals surface area contributed by atoms with Crippen LogP contribution in [0.25, 0.3) is 0 Å². The maximum atomic E-state index is 10.7. The molecule has 0 amide bonds. The fourth-order valence-corrected chi connectivity index (χ4v) is 0.536. The van der Waals surface area contributed by atoms with Crippen LogP contribution in [0.5, 0.6) is 0 Å². The summed E-state index contributed by atoms with van der Waals surface area (Å²) in [7, 11) is 0. The molecule has 2 N–H and O–H groups in total. The van der Waals surface area contributed by atoms with Crippen LogP contribution < -0.4 is 0 Å². The second-order valence-electron chi connectivity index (χ2n) is 3.74. The van der Waals surface area contributed by atoms with Gasteiger partial charge in [-0.1, -0.05) is 20.8 Å². The highest BCUT2D eigenvalue weighted by Gasteiger charge is 2.44. The lowest BCUT2D eigenvalue weighted by atomic mass is 9.75. The molecule has 0 saturated carbocycles. The third-order valence-corrected chi connectivity index (χ3v) is 2.10. The highest BCUT2D eigenvalue weighted by molar-refractivity contribution is 5.79. The molecule has 0 aliphatic heterocycles. The van der Waals surface area contributed by atoms with Crippen molar-refractivity contribution in [1.29, 1.82) is 5.53 Å². The summed E-state index contributed by atoms with van der Waals surface area (Å²) in [6, 6.07) is 0. The number of aliphatic carboxylic acids is 1. The maximum Gasteiger partial charge on any atom is 0.333 e. The van der Waals surface area contributed by atoms with Gasteiger partial charge in [0.2, 0.25) is 0 Å². The second kappa shape index (κ2) is 2.60. The summed E-state index contributed by atoms with van der Waals surface area (Å²) in [5.41, 5.74) is 4.95. The van der Waals surface area contributed by atoms with Crippen LogP contribution in [0.2, 0.25) is 0 Å². The monoisotopic (exact) mass is 158 g/mol. The number of hydrogen-bond acceptors (Lipinski definition) is 3. The highest BCUT2D eigenvalue weighted by Crippen LogP contribution is 2.33. The standard InChI is InChI=1S/C7H14N2O2/c1-6(2,3)7(4,9-8)5(10)11/h8H,1-4H3,(H,10,11). The van der Waals surface area contributed by atoms with Crippen molar-refractivity contribution in [1.82, 2.24) is 0 Å². The van der Waals surface area contributed by atoms with Crippen molar-refractivity contribution in [3.63, 3.8) is 0 Å². The first-order valence-electron chi connectivity index (χ1n) is 3.37. The smallest absolute Gasteiger partial charge is 0.333 e. The molecule has 0 heterocycles. The Bertz CT molecular complexity index is 183. The predicted octanol–water partition coefficient (Wildman–Crippen LogP) is 1.91. The molecule has 0 bridgehead atoms. The Hall–Kier alpha value is -0.930. The van der Waals surface area contributed by atoms with E-state index in [1.54, 1.807) is 20.8 Å². The molecule has 0 aliphatic rings. The Balaban J connectivity index is 4.91. The van der Waals surface area contributed by atoms with Crippen molar-refractivity contribution >= 4 is 5.97 Å². The van der Waals surface area contributed by atoms with Crippen LogP contribution in [0.15, 0.2) is 5.11 Å². The number of nitrogens with one attached hydrogen (secondary N) is 1. The molecule has 0 spiro atoms. The van der Waals surface area contributed by atoms with Gasteiger partial charge in [0.1, 0.15) is 0 Å². The molecule has 4 nitrogen and oxygen atoms in total. The quantitative estimate of drug-likeness (QED) is 0.602. The van der Waals surface area contributed by atoms with Gasteiger partial charge in [-0.2, -0.15) is 5.11 Å². The topological polar surface area (TPSA) is 73.5 Å². The van der Waals surface area contributed by atoms with Crippen LogP contribution in [0.3, 0.4) is 0 Å². The molecular formula is C7H14N2O2. The van der Waals surface area contributed by atoms with Crippen LogP contribution in [0.1, 0.15) is 27.7 Å². The Labute approximate surface area is 66.1 Å². The van der Waals surface area contributed by atoms with Crippen molar-refractivity contribution in [2.45, 2.75) is 33.2 Å². The Morgan fingerprint density at radius 3 is 1.73 bits per heavy atom. The molecule has 0 fully saturated rings. The summed E-state index contributed by atoms with van der Waals surface area (Å²) in [6.07, 6.45) is 0. The number of carboxylic acids is 1. The molecule has 0 saturated heterocycles. The molecule has 1 unspecified atom stereocenters. The lowest BCUT2D eigenvalue weighted by Crippen LogP contribution is -2.45. The molecule has 11 heavy (non-hydrogen) atoms. The largest absolute Gasteiger partial charge is 0.479 e. The maximum absolute atomic E-state index is 10.7. The van der Waals surface area contributed by atoms with Gasteiger partial charge in [0.25, 0.3) is 0 Å². The molecule has 0 aromatic rings. The van der Waals surface area contributed by atoms with Crippen molar-refractivity contribution in [2.24, 2.45) is 10.5 Å². The van der Waals surface area contributed by atoms with E-state index in [9.17, 15) is 4.79 Å². The normalized spacial score (nSPS) is 17.1. The van der Waals surface area contributed by atoms with E-state index in [1.165, 1.54) is 6.92 Å². The van der Waals surface area contributed by atoms with Crippen LogP contribution in [0.4, 0.5) is 0 Å². The zero-order valence-corrected chi connectivity index (χ0v) is 7.30. The number of rotatable bonds is 2. The van der Waals surface area contributed by atoms with E-state index >= 15 is 0 Å². The van der Waals surface area contributed by atoms with Gasteiger partial charge >= 0.3 is 5.97 Å². The van der Waals surface area contributed by atoms with Crippen molar-refractivity contribution in [2.75, 3.05) is 0 Å². The van der Waals surface area contributed by atoms with Gasteiger partial charge in [-0.3, -0.25) is 0 Å². The fourth-order valence-electron chi connectivity index (χ4n) is 0.536. The molecule has 0 aromatic heterocycles. The summed E-state index contributed by atoms with van der Waals surface area (Å²) >= 11 is 0. The Morgan fingerprint density at radius 2 is 1.73 bits per heavy atom. The summed E-state index contributed by atoms with van der Waals surface area (Å²) in [6.45, 7) is 6.69. The number of carbonyl (C=O) groups is 1. The van der Waals surface area contributed by atoms with E-state index < -0.39 is 16.9 Å². The lowest BCUT2D eigenvalue weighted by Gasteiger charge is -2.32. The molecule has 4 heteroatoms. The first-order valence-corrected chi connectivity index (χ1v) is 3.37. The minimum absolute atomic E-state index is 0.527. The van der Waals surface area contributed by atoms with E-state index in [2.05, 4.69) is 5.11 Å². The van der Waals surface area contributed by atoms with Gasteiger partial charge in [0.05, 0.1) is 0 Å². The van der Waals surface area contributed by atoms with Crippen LogP contribution >= 0.6 is 0 Å². The van der Waals surface area contributed by atoms with Crippen molar-refractivity contribution in [3.05, 3.63) is 0 Å². The second-order valence-corrected chi connectivity index (χ2v) is 3.74. The minimum atomic E-state index is -1.31. The van der Waals surface area contributed by atoms with E-state index in [0.717, 1.165) is 0 Å². The molecule has 0 radical (unpaired) electrons. The SMILES string of the molecule is CC(C)(C)C(C)(N=N)C(=O)O. The first-order chi connectivity index (χ1) is 4.75. The van der Waals surface area contributed by atoms with Crippen molar-refractivity contribution < 1.29 is 9.90 Å². The van der Waals surface area contributed by atoms with Gasteiger partial charge in [-0.15, -0.1) is 0 Å². The third kappa shape index (κ3) is 1.56. The third-order valence-electron chi connectivity index (χ3n) is 2.10. The van der Waals surface area contributed by atoms with Gasteiger partial charge in [-0.25, -0.2) is 10.3 Å². The Morgan fingerprint density at radius 1 is 1.36 bits per heavy atom. The number of nitrogens with zero attached hydrogens (tertiary/aromatic N) is 1. The predicted molar refractivity (Wildman–Crippen MR) is 40.6 cm³/mol. The van der Waals surface area contributed by atoms with Gasteiger partial charge < -0.3 is 5.11 Å². The van der Waals surface area contributed by atoms with E-state index in [4.69, 9.17) is 10.6 Å². The summed E-state index contributed by atoms with van der Waals surface area (Å²) in [5, 5.41) is 11.9. The van der Waals surface area contributed by atoms with Crippen LogP contribution in [0, 0.1) is 10.9 Å². The van der Waals surface area contributed by atoms with Gasteiger partial charge in [-0.05, 0) is 12.3 Å². The lowest BCUT2D eigenvalue weighted by molar-refractivity contribution is -0.147. The van der Waals surface area contributed by atoms with E-state index in [1.807, 2.05) is 0 Å². The zero-order valence-electron chi connectivity index (χ0n) is 7.30. The number of carboxylic acid groups (broad SMARTS) is 1. The average molecular weight is 158 g/mol. The van der Waals surface area contributed by atoms with Crippen LogP contribution in [-0.2, 0) is 4.79 Å². The Kier molecular flexibility index (Phi) is 2.38. The molecular weight excluding hydrogens is 144 g/mol. The van der Waals surface area contributed by atoms with Crippen molar-refractivity contribution in [3.8, 4) is 0 Å². The van der Waals surface area contributed by atoms with Gasteiger partial charge in [0, 0.05) is 0 Å². The summed E-state index contributed by atoms with van der Waals surface area (Å²) < 4.78 is 0. The minimum Gasteiger partial charge on any atom is -0.479 e. The fraction of sp³-hybridized carbons (Fsp3) is 0.857. The molecule has 0 rings (SSSR count). The summed E-state index contributed by atoms with van der Waals surface area (Å²) in [4.78, 5) is 10.7. The molecule has 64 valence electrons. The number of hydrogen-bond donors (Lipinski definition) is 2. The van der Waals surface area contributed by atoms with Gasteiger partial charge in [0.15, 0.2) is 5.54 Å². The first kappa shape index (κ1) is 10.1. The molecule has 1 atom stereocenters. The zero-order chi connectivity index (χ0) is 9.28. The van der Waals surface area contributed by atoms with E-state index in [0.29, 0.717) is 0 Å². The van der Waals surface area contributed by atoms with Crippen LogP contribution in [-0.4, -0.2) is 16.6 Å². The average Bonchev–Trinajstić information content (AvgIpc) is 1.83. The summed E-state index contributed by atoms with van der Waals surface area (Å²) in [5.74, 6) is -1.06.